The molecule has 3 N–H and O–H groups in total. The molecular formula is C12H15Cl2N3O. The van der Waals surface area contributed by atoms with Crippen LogP contribution in [0, 0.1) is 0 Å². The molecule has 4 nitrogen and oxygen atoms in total. The van der Waals surface area contributed by atoms with Crippen LogP contribution in [0.1, 0.15) is 18.9 Å². The van der Waals surface area contributed by atoms with Gasteiger partial charge in [0.1, 0.15) is 0 Å². The van der Waals surface area contributed by atoms with Crippen molar-refractivity contribution in [1.29, 1.82) is 0 Å². The van der Waals surface area contributed by atoms with Crippen molar-refractivity contribution in [1.82, 2.24) is 16.2 Å². The molecule has 0 aromatic heterocycles. The van der Waals surface area contributed by atoms with E-state index in [1.165, 1.54) is 0 Å². The van der Waals surface area contributed by atoms with Gasteiger partial charge in [0.05, 0.1) is 12.6 Å². The van der Waals surface area contributed by atoms with Crippen LogP contribution in [-0.2, 0) is 11.2 Å². The number of hydrazine groups is 1. The quantitative estimate of drug-likeness (QED) is 0.796. The fourth-order valence-corrected chi connectivity index (χ4v) is 2.45. The summed E-state index contributed by atoms with van der Waals surface area (Å²) in [5, 5.41) is 3.92. The van der Waals surface area contributed by atoms with Gasteiger partial charge in [-0.2, -0.15) is 0 Å². The van der Waals surface area contributed by atoms with Gasteiger partial charge < -0.3 is 5.32 Å². The van der Waals surface area contributed by atoms with E-state index in [0.717, 1.165) is 6.42 Å². The summed E-state index contributed by atoms with van der Waals surface area (Å²) < 4.78 is 0. The number of benzene rings is 1. The summed E-state index contributed by atoms with van der Waals surface area (Å²) in [6.45, 7) is 2.05. The fourth-order valence-electron chi connectivity index (χ4n) is 1.92. The van der Waals surface area contributed by atoms with Crippen LogP contribution in [-0.4, -0.2) is 18.1 Å². The topological polar surface area (TPSA) is 53.2 Å². The minimum atomic E-state index is -0.0987. The maximum absolute atomic E-state index is 11.9. The Hall–Kier alpha value is -0.810. The van der Waals surface area contributed by atoms with Crippen LogP contribution in [0.3, 0.4) is 0 Å². The second kappa shape index (κ2) is 5.89. The first-order chi connectivity index (χ1) is 8.56. The van der Waals surface area contributed by atoms with E-state index in [1.807, 2.05) is 6.92 Å². The van der Waals surface area contributed by atoms with Crippen LogP contribution < -0.4 is 16.2 Å². The molecule has 1 saturated heterocycles. The largest absolute Gasteiger partial charge is 0.339 e. The average Bonchev–Trinajstić information content (AvgIpc) is 2.69. The van der Waals surface area contributed by atoms with Gasteiger partial charge in [0, 0.05) is 16.1 Å². The summed E-state index contributed by atoms with van der Waals surface area (Å²) in [6, 6.07) is 5.57. The molecule has 2 unspecified atom stereocenters. The van der Waals surface area contributed by atoms with E-state index in [-0.39, 0.29) is 18.5 Å². The van der Waals surface area contributed by atoms with Crippen LogP contribution >= 0.6 is 23.2 Å². The standard InChI is InChI=1S/C12H15Cl2N3O/c1-7-5-11(17-16-7)15-12(18)6-8-9(13)3-2-4-10(8)14/h2-4,7,11,16-17H,5-6H2,1H3,(H,15,18). The zero-order valence-corrected chi connectivity index (χ0v) is 11.5. The second-order valence-electron chi connectivity index (χ2n) is 4.42. The Labute approximate surface area is 116 Å². The first kappa shape index (κ1) is 13.6. The smallest absolute Gasteiger partial charge is 0.225 e. The van der Waals surface area contributed by atoms with Crippen molar-refractivity contribution in [3.63, 3.8) is 0 Å². The predicted molar refractivity (Wildman–Crippen MR) is 72.4 cm³/mol. The molecule has 18 heavy (non-hydrogen) atoms. The average molecular weight is 288 g/mol. The Balaban J connectivity index is 1.95. The van der Waals surface area contributed by atoms with E-state index < -0.39 is 0 Å². The number of amides is 1. The number of halogens is 2. The molecule has 0 bridgehead atoms. The van der Waals surface area contributed by atoms with Gasteiger partial charge in [-0.25, -0.2) is 5.43 Å². The van der Waals surface area contributed by atoms with Gasteiger partial charge in [-0.3, -0.25) is 10.2 Å². The van der Waals surface area contributed by atoms with Crippen LogP contribution in [0.25, 0.3) is 0 Å². The lowest BCUT2D eigenvalue weighted by Crippen LogP contribution is -2.44. The van der Waals surface area contributed by atoms with Gasteiger partial charge >= 0.3 is 0 Å². The minimum absolute atomic E-state index is 0.0474. The molecular weight excluding hydrogens is 273 g/mol. The first-order valence-corrected chi connectivity index (χ1v) is 6.55. The van der Waals surface area contributed by atoms with E-state index in [1.54, 1.807) is 18.2 Å². The predicted octanol–water partition coefficient (Wildman–Crippen LogP) is 1.86. The third-order valence-electron chi connectivity index (χ3n) is 2.83. The van der Waals surface area contributed by atoms with Crippen molar-refractivity contribution in [2.45, 2.75) is 32.0 Å². The molecule has 2 atom stereocenters. The molecule has 1 heterocycles. The van der Waals surface area contributed by atoms with Crippen LogP contribution in [0.2, 0.25) is 10.0 Å². The first-order valence-electron chi connectivity index (χ1n) is 5.79. The molecule has 1 aliphatic rings. The Morgan fingerprint density at radius 3 is 2.61 bits per heavy atom. The molecule has 6 heteroatoms. The molecule has 1 aromatic carbocycles. The van der Waals surface area contributed by atoms with E-state index in [9.17, 15) is 4.79 Å². The normalized spacial score (nSPS) is 23.1. The highest BCUT2D eigenvalue weighted by molar-refractivity contribution is 6.36. The Kier molecular flexibility index (Phi) is 4.45. The summed E-state index contributed by atoms with van der Waals surface area (Å²) in [6.07, 6.45) is 0.987. The molecule has 0 aliphatic carbocycles. The van der Waals surface area contributed by atoms with Gasteiger partial charge in [-0.15, -0.1) is 0 Å². The highest BCUT2D eigenvalue weighted by atomic mass is 35.5. The van der Waals surface area contributed by atoms with Crippen molar-refractivity contribution in [2.75, 3.05) is 0 Å². The molecule has 1 amide bonds. The Morgan fingerprint density at radius 1 is 1.39 bits per heavy atom. The maximum Gasteiger partial charge on any atom is 0.225 e. The van der Waals surface area contributed by atoms with Crippen LogP contribution in [0.4, 0.5) is 0 Å². The van der Waals surface area contributed by atoms with Gasteiger partial charge in [0.2, 0.25) is 5.91 Å². The third kappa shape index (κ3) is 3.36. The zero-order chi connectivity index (χ0) is 13.1. The Bertz CT molecular complexity index is 433. The monoisotopic (exact) mass is 287 g/mol. The SMILES string of the molecule is CC1CC(NC(=O)Cc2c(Cl)cccc2Cl)NN1. The molecule has 1 aromatic rings. The third-order valence-corrected chi connectivity index (χ3v) is 3.54. The number of carbonyl (C=O) groups is 1. The highest BCUT2D eigenvalue weighted by Crippen LogP contribution is 2.24. The fraction of sp³-hybridized carbons (Fsp3) is 0.417. The number of rotatable bonds is 3. The second-order valence-corrected chi connectivity index (χ2v) is 5.24. The van der Waals surface area contributed by atoms with E-state index in [4.69, 9.17) is 23.2 Å². The number of hydrogen-bond donors (Lipinski definition) is 3. The summed E-state index contributed by atoms with van der Waals surface area (Å²) in [7, 11) is 0. The lowest BCUT2D eigenvalue weighted by molar-refractivity contribution is -0.121. The van der Waals surface area contributed by atoms with Crippen molar-refractivity contribution in [3.8, 4) is 0 Å². The molecule has 1 fully saturated rings. The molecule has 2 rings (SSSR count). The maximum atomic E-state index is 11.9. The lowest BCUT2D eigenvalue weighted by Gasteiger charge is -2.13. The van der Waals surface area contributed by atoms with Crippen molar-refractivity contribution >= 4 is 29.1 Å². The summed E-state index contributed by atoms with van der Waals surface area (Å²) in [5.41, 5.74) is 6.71. The summed E-state index contributed by atoms with van der Waals surface area (Å²) in [5.74, 6) is -0.0987. The van der Waals surface area contributed by atoms with Crippen LogP contribution in [0.5, 0.6) is 0 Å². The van der Waals surface area contributed by atoms with E-state index in [0.29, 0.717) is 21.7 Å². The zero-order valence-electron chi connectivity index (χ0n) is 9.97. The van der Waals surface area contributed by atoms with Gasteiger partial charge in [0.15, 0.2) is 0 Å². The lowest BCUT2D eigenvalue weighted by atomic mass is 10.1. The minimum Gasteiger partial charge on any atom is -0.339 e. The number of hydrogen-bond acceptors (Lipinski definition) is 3. The number of carbonyl (C=O) groups excluding carboxylic acids is 1. The van der Waals surface area contributed by atoms with E-state index >= 15 is 0 Å². The molecule has 0 radical (unpaired) electrons. The molecule has 1 aliphatic heterocycles. The van der Waals surface area contributed by atoms with Crippen molar-refractivity contribution in [2.24, 2.45) is 0 Å². The number of nitrogens with one attached hydrogen (secondary N) is 3. The van der Waals surface area contributed by atoms with Gasteiger partial charge in [-0.1, -0.05) is 29.3 Å². The molecule has 0 spiro atoms. The van der Waals surface area contributed by atoms with E-state index in [2.05, 4.69) is 16.2 Å². The summed E-state index contributed by atoms with van der Waals surface area (Å²) in [4.78, 5) is 11.9. The molecule has 98 valence electrons. The van der Waals surface area contributed by atoms with Crippen molar-refractivity contribution in [3.05, 3.63) is 33.8 Å². The van der Waals surface area contributed by atoms with Gasteiger partial charge in [0.25, 0.3) is 0 Å². The van der Waals surface area contributed by atoms with Crippen molar-refractivity contribution < 1.29 is 4.79 Å². The Morgan fingerprint density at radius 2 is 2.06 bits per heavy atom. The van der Waals surface area contributed by atoms with Gasteiger partial charge in [-0.05, 0) is 31.0 Å². The summed E-state index contributed by atoms with van der Waals surface area (Å²) >= 11 is 12.0. The highest BCUT2D eigenvalue weighted by Gasteiger charge is 2.22. The molecule has 0 saturated carbocycles. The van der Waals surface area contributed by atoms with Crippen LogP contribution in [0.15, 0.2) is 18.2 Å².